The molecule has 0 aliphatic carbocycles. The Balaban J connectivity index is 1.88. The Hall–Kier alpha value is -3.66. The molecular formula is C26H25N3O. The molecule has 0 atom stereocenters. The molecule has 1 heterocycles. The molecule has 4 heteroatoms. The van der Waals surface area contributed by atoms with E-state index in [1.165, 1.54) is 5.56 Å². The van der Waals surface area contributed by atoms with Gasteiger partial charge < -0.3 is 10.8 Å². The van der Waals surface area contributed by atoms with Gasteiger partial charge in [0.05, 0.1) is 5.69 Å². The molecule has 0 aliphatic rings. The van der Waals surface area contributed by atoms with Gasteiger partial charge in [0, 0.05) is 28.6 Å². The second-order valence-electron chi connectivity index (χ2n) is 8.42. The lowest BCUT2D eigenvalue weighted by Gasteiger charge is -2.19. The lowest BCUT2D eigenvalue weighted by molar-refractivity contribution is 0.477. The molecule has 0 aliphatic heterocycles. The maximum Gasteiger partial charge on any atom is 0.159 e. The predicted octanol–water partition coefficient (Wildman–Crippen LogP) is 6.06. The molecule has 0 spiro atoms. The van der Waals surface area contributed by atoms with Gasteiger partial charge in [-0.3, -0.25) is 0 Å². The average Bonchev–Trinajstić information content (AvgIpc) is 2.74. The third kappa shape index (κ3) is 3.90. The molecule has 0 bridgehead atoms. The summed E-state index contributed by atoms with van der Waals surface area (Å²) in [5.74, 6) is 0.773. The molecule has 4 nitrogen and oxygen atoms in total. The van der Waals surface area contributed by atoms with Gasteiger partial charge in [0.15, 0.2) is 5.82 Å². The molecule has 0 unspecified atom stereocenters. The summed E-state index contributed by atoms with van der Waals surface area (Å²) in [6.07, 6.45) is 1.83. The van der Waals surface area contributed by atoms with E-state index < -0.39 is 0 Å². The lowest BCUT2D eigenvalue weighted by atomic mass is 9.86. The fourth-order valence-electron chi connectivity index (χ4n) is 3.39. The highest BCUT2D eigenvalue weighted by atomic mass is 16.3. The zero-order chi connectivity index (χ0) is 21.3. The van der Waals surface area contributed by atoms with E-state index in [0.29, 0.717) is 22.8 Å². The molecule has 0 saturated carbocycles. The van der Waals surface area contributed by atoms with Crippen molar-refractivity contribution in [3.63, 3.8) is 0 Å². The van der Waals surface area contributed by atoms with Crippen LogP contribution in [0.2, 0.25) is 0 Å². The third-order valence-corrected chi connectivity index (χ3v) is 5.18. The number of benzene rings is 3. The molecule has 3 N–H and O–H groups in total. The maximum absolute atomic E-state index is 10.5. The van der Waals surface area contributed by atoms with Crippen molar-refractivity contribution in [2.75, 3.05) is 5.73 Å². The Morgan fingerprint density at radius 1 is 0.767 bits per heavy atom. The maximum atomic E-state index is 10.5. The Morgan fingerprint density at radius 3 is 2.03 bits per heavy atom. The summed E-state index contributed by atoms with van der Waals surface area (Å²) in [6.45, 7) is 6.58. The SMILES string of the molecule is CC(C)(C)c1ccc(-c2cnc(-c3ccc(N)cc3)nc2-c2ccccc2O)cc1. The van der Waals surface area contributed by atoms with Crippen LogP contribution in [0, 0.1) is 0 Å². The minimum absolute atomic E-state index is 0.0779. The molecule has 150 valence electrons. The van der Waals surface area contributed by atoms with Gasteiger partial charge in [-0.1, -0.05) is 57.2 Å². The van der Waals surface area contributed by atoms with E-state index in [2.05, 4.69) is 50.0 Å². The van der Waals surface area contributed by atoms with Gasteiger partial charge in [-0.25, -0.2) is 9.97 Å². The monoisotopic (exact) mass is 395 g/mol. The van der Waals surface area contributed by atoms with Crippen LogP contribution in [0.15, 0.2) is 79.0 Å². The number of phenolic OH excluding ortho intramolecular Hbond substituents is 1. The first-order valence-electron chi connectivity index (χ1n) is 9.95. The predicted molar refractivity (Wildman–Crippen MR) is 123 cm³/mol. The Bertz CT molecular complexity index is 1170. The first-order valence-corrected chi connectivity index (χ1v) is 9.95. The van der Waals surface area contributed by atoms with Crippen LogP contribution in [0.3, 0.4) is 0 Å². The highest BCUT2D eigenvalue weighted by Gasteiger charge is 2.17. The minimum atomic E-state index is 0.0779. The number of hydrogen-bond donors (Lipinski definition) is 2. The van der Waals surface area contributed by atoms with Crippen LogP contribution in [0.1, 0.15) is 26.3 Å². The van der Waals surface area contributed by atoms with Gasteiger partial charge in [0.1, 0.15) is 5.75 Å². The lowest BCUT2D eigenvalue weighted by Crippen LogP contribution is -2.10. The summed E-state index contributed by atoms with van der Waals surface area (Å²) in [5, 5.41) is 10.5. The van der Waals surface area contributed by atoms with Crippen LogP contribution in [-0.4, -0.2) is 15.1 Å². The number of aromatic nitrogens is 2. The number of anilines is 1. The van der Waals surface area contributed by atoms with Gasteiger partial charge in [-0.2, -0.15) is 0 Å². The molecule has 30 heavy (non-hydrogen) atoms. The molecule has 3 aromatic carbocycles. The fraction of sp³-hybridized carbons (Fsp3) is 0.154. The highest BCUT2D eigenvalue weighted by Crippen LogP contribution is 2.37. The molecular weight excluding hydrogens is 370 g/mol. The molecule has 0 saturated heterocycles. The molecule has 4 rings (SSSR count). The van der Waals surface area contributed by atoms with E-state index in [0.717, 1.165) is 16.7 Å². The summed E-state index contributed by atoms with van der Waals surface area (Å²) >= 11 is 0. The second-order valence-corrected chi connectivity index (χ2v) is 8.42. The summed E-state index contributed by atoms with van der Waals surface area (Å²) in [6, 6.07) is 23.2. The van der Waals surface area contributed by atoms with Crippen LogP contribution in [-0.2, 0) is 5.41 Å². The summed E-state index contributed by atoms with van der Waals surface area (Å²) in [4.78, 5) is 9.45. The highest BCUT2D eigenvalue weighted by molar-refractivity contribution is 5.84. The Labute approximate surface area is 177 Å². The molecule has 0 amide bonds. The van der Waals surface area contributed by atoms with Crippen LogP contribution in [0.25, 0.3) is 33.8 Å². The van der Waals surface area contributed by atoms with Crippen molar-refractivity contribution in [1.29, 1.82) is 0 Å². The average molecular weight is 396 g/mol. The quantitative estimate of drug-likeness (QED) is 0.413. The van der Waals surface area contributed by atoms with E-state index in [9.17, 15) is 5.11 Å². The van der Waals surface area contributed by atoms with Crippen molar-refractivity contribution in [1.82, 2.24) is 9.97 Å². The summed E-state index contributed by atoms with van der Waals surface area (Å²) in [5.41, 5.74) is 12.0. The zero-order valence-corrected chi connectivity index (χ0v) is 17.4. The zero-order valence-electron chi connectivity index (χ0n) is 17.4. The van der Waals surface area contributed by atoms with Crippen molar-refractivity contribution >= 4 is 5.69 Å². The van der Waals surface area contributed by atoms with Crippen molar-refractivity contribution in [3.05, 3.63) is 84.6 Å². The van der Waals surface area contributed by atoms with Gasteiger partial charge in [-0.15, -0.1) is 0 Å². The molecule has 4 aromatic rings. The van der Waals surface area contributed by atoms with Crippen LogP contribution < -0.4 is 5.73 Å². The molecule has 0 fully saturated rings. The number of nitrogens with two attached hydrogens (primary N) is 1. The summed E-state index contributed by atoms with van der Waals surface area (Å²) in [7, 11) is 0. The van der Waals surface area contributed by atoms with E-state index in [1.54, 1.807) is 12.1 Å². The van der Waals surface area contributed by atoms with Crippen molar-refractivity contribution in [2.24, 2.45) is 0 Å². The number of nitrogens with zero attached hydrogens (tertiary/aromatic N) is 2. The minimum Gasteiger partial charge on any atom is -0.507 e. The topological polar surface area (TPSA) is 72.0 Å². The number of rotatable bonds is 3. The van der Waals surface area contributed by atoms with Crippen molar-refractivity contribution in [2.45, 2.75) is 26.2 Å². The normalized spacial score (nSPS) is 11.4. The number of nitrogen functional groups attached to an aromatic ring is 1. The number of aromatic hydroxyl groups is 1. The fourth-order valence-corrected chi connectivity index (χ4v) is 3.39. The summed E-state index contributed by atoms with van der Waals surface area (Å²) < 4.78 is 0. The second kappa shape index (κ2) is 7.64. The smallest absolute Gasteiger partial charge is 0.159 e. The van der Waals surface area contributed by atoms with Gasteiger partial charge >= 0.3 is 0 Å². The largest absolute Gasteiger partial charge is 0.507 e. The van der Waals surface area contributed by atoms with Crippen LogP contribution >= 0.6 is 0 Å². The van der Waals surface area contributed by atoms with Crippen LogP contribution in [0.5, 0.6) is 5.75 Å². The van der Waals surface area contributed by atoms with Gasteiger partial charge in [0.2, 0.25) is 0 Å². The standard InChI is InChI=1S/C26H25N3O/c1-26(2,3)19-12-8-17(9-13-19)22-16-28-25(18-10-14-20(27)15-11-18)29-24(22)21-6-4-5-7-23(21)30/h4-16,30H,27H2,1-3H3. The number of hydrogen-bond acceptors (Lipinski definition) is 4. The molecule has 1 aromatic heterocycles. The Morgan fingerprint density at radius 2 is 1.40 bits per heavy atom. The van der Waals surface area contributed by atoms with E-state index in [4.69, 9.17) is 10.7 Å². The van der Waals surface area contributed by atoms with E-state index in [-0.39, 0.29) is 11.2 Å². The number of phenols is 1. The number of para-hydroxylation sites is 1. The van der Waals surface area contributed by atoms with E-state index >= 15 is 0 Å². The van der Waals surface area contributed by atoms with E-state index in [1.807, 2.05) is 42.6 Å². The molecule has 0 radical (unpaired) electrons. The first kappa shape index (κ1) is 19.6. The van der Waals surface area contributed by atoms with Crippen LogP contribution in [0.4, 0.5) is 5.69 Å². The van der Waals surface area contributed by atoms with Gasteiger partial charge in [0.25, 0.3) is 0 Å². The Kier molecular flexibility index (Phi) is 5.00. The van der Waals surface area contributed by atoms with Crippen molar-refractivity contribution < 1.29 is 5.11 Å². The van der Waals surface area contributed by atoms with Crippen molar-refractivity contribution in [3.8, 4) is 39.5 Å². The third-order valence-electron chi connectivity index (χ3n) is 5.18. The first-order chi connectivity index (χ1) is 14.3. The van der Waals surface area contributed by atoms with Gasteiger partial charge in [-0.05, 0) is 52.9 Å².